The third-order valence-corrected chi connectivity index (χ3v) is 5.50. The van der Waals surface area contributed by atoms with Crippen LogP contribution in [0.5, 0.6) is 0 Å². The number of amides is 1. The molecule has 118 valence electrons. The Morgan fingerprint density at radius 3 is 2.61 bits per heavy atom. The van der Waals surface area contributed by atoms with E-state index in [0.717, 1.165) is 48.4 Å². The Kier molecular flexibility index (Phi) is 4.44. The molecular formula is C18H19N3OS. The molecule has 2 aromatic rings. The van der Waals surface area contributed by atoms with Gasteiger partial charge in [-0.05, 0) is 19.8 Å². The number of carbonyl (C=O) groups is 1. The van der Waals surface area contributed by atoms with Gasteiger partial charge < -0.3 is 5.32 Å². The average molecular weight is 325 g/mol. The van der Waals surface area contributed by atoms with Crippen molar-refractivity contribution in [2.24, 2.45) is 0 Å². The minimum Gasteiger partial charge on any atom is -0.333 e. The first-order valence-corrected chi connectivity index (χ1v) is 8.72. The zero-order valence-corrected chi connectivity index (χ0v) is 13.9. The number of hydrogen-bond donors (Lipinski definition) is 1. The molecule has 1 aromatic heterocycles. The molecule has 1 aromatic carbocycles. The molecule has 5 heteroatoms. The van der Waals surface area contributed by atoms with Crippen LogP contribution in [0.3, 0.4) is 0 Å². The van der Waals surface area contributed by atoms with E-state index < -0.39 is 5.54 Å². The van der Waals surface area contributed by atoms with Crippen LogP contribution in [-0.2, 0) is 0 Å². The largest absolute Gasteiger partial charge is 0.333 e. The van der Waals surface area contributed by atoms with Crippen molar-refractivity contribution < 1.29 is 4.79 Å². The number of nitriles is 1. The number of thiazole rings is 1. The van der Waals surface area contributed by atoms with Gasteiger partial charge in [0.15, 0.2) is 0 Å². The standard InChI is InChI=1S/C18H19N3OS/c1-13-15(23-17(20-13)14-8-4-2-5-9-14)16(22)21-18(12-19)10-6-3-7-11-18/h2,4-5,8-9H,3,6-7,10-11H2,1H3,(H,21,22). The summed E-state index contributed by atoms with van der Waals surface area (Å²) in [5, 5.41) is 13.3. The summed E-state index contributed by atoms with van der Waals surface area (Å²) in [7, 11) is 0. The Morgan fingerprint density at radius 2 is 1.96 bits per heavy atom. The highest BCUT2D eigenvalue weighted by Gasteiger charge is 2.34. The summed E-state index contributed by atoms with van der Waals surface area (Å²) < 4.78 is 0. The van der Waals surface area contributed by atoms with E-state index in [1.165, 1.54) is 11.3 Å². The Labute approximate surface area is 140 Å². The van der Waals surface area contributed by atoms with Crippen molar-refractivity contribution in [3.63, 3.8) is 0 Å². The van der Waals surface area contributed by atoms with E-state index in [9.17, 15) is 10.1 Å². The second-order valence-corrected chi connectivity index (χ2v) is 7.01. The smallest absolute Gasteiger partial charge is 0.264 e. The van der Waals surface area contributed by atoms with Gasteiger partial charge in [0, 0.05) is 5.56 Å². The first kappa shape index (κ1) is 15.7. The summed E-state index contributed by atoms with van der Waals surface area (Å²) in [5.41, 5.74) is 1.01. The maximum absolute atomic E-state index is 12.7. The Morgan fingerprint density at radius 1 is 1.26 bits per heavy atom. The van der Waals surface area contributed by atoms with Crippen LogP contribution in [0.15, 0.2) is 30.3 Å². The Bertz CT molecular complexity index is 739. The number of nitrogens with one attached hydrogen (secondary N) is 1. The molecule has 1 N–H and O–H groups in total. The summed E-state index contributed by atoms with van der Waals surface area (Å²) in [6, 6.07) is 12.2. The average Bonchev–Trinajstić information content (AvgIpc) is 2.98. The lowest BCUT2D eigenvalue weighted by molar-refractivity contribution is 0.0906. The maximum atomic E-state index is 12.7. The number of nitrogens with zero attached hydrogens (tertiary/aromatic N) is 2. The predicted octanol–water partition coefficient (Wildman–Crippen LogP) is 4.07. The van der Waals surface area contributed by atoms with Crippen molar-refractivity contribution in [3.8, 4) is 16.6 Å². The van der Waals surface area contributed by atoms with Crippen LogP contribution < -0.4 is 5.32 Å². The molecule has 0 atom stereocenters. The molecule has 0 saturated heterocycles. The van der Waals surface area contributed by atoms with E-state index >= 15 is 0 Å². The van der Waals surface area contributed by atoms with Gasteiger partial charge in [-0.1, -0.05) is 49.6 Å². The Balaban J connectivity index is 1.83. The maximum Gasteiger partial charge on any atom is 0.264 e. The highest BCUT2D eigenvalue weighted by atomic mass is 32.1. The van der Waals surface area contributed by atoms with Gasteiger partial charge in [-0.2, -0.15) is 5.26 Å². The van der Waals surface area contributed by atoms with Gasteiger partial charge in [0.25, 0.3) is 5.91 Å². The van der Waals surface area contributed by atoms with Crippen LogP contribution in [0.1, 0.15) is 47.5 Å². The van der Waals surface area contributed by atoms with Crippen molar-refractivity contribution in [1.82, 2.24) is 10.3 Å². The van der Waals surface area contributed by atoms with Gasteiger partial charge in [-0.25, -0.2) is 4.98 Å². The highest BCUT2D eigenvalue weighted by Crippen LogP contribution is 2.31. The van der Waals surface area contributed by atoms with E-state index in [4.69, 9.17) is 0 Å². The van der Waals surface area contributed by atoms with Crippen LogP contribution in [0.25, 0.3) is 10.6 Å². The number of aryl methyl sites for hydroxylation is 1. The van der Waals surface area contributed by atoms with Gasteiger partial charge in [-0.15, -0.1) is 11.3 Å². The fourth-order valence-electron chi connectivity index (χ4n) is 3.01. The molecule has 0 unspecified atom stereocenters. The number of benzene rings is 1. The molecule has 1 heterocycles. The number of hydrogen-bond acceptors (Lipinski definition) is 4. The minimum atomic E-state index is -0.710. The van der Waals surface area contributed by atoms with Crippen LogP contribution in [0, 0.1) is 18.3 Å². The topological polar surface area (TPSA) is 65.8 Å². The quantitative estimate of drug-likeness (QED) is 0.925. The number of rotatable bonds is 3. The second-order valence-electron chi connectivity index (χ2n) is 6.01. The van der Waals surface area contributed by atoms with Crippen molar-refractivity contribution >= 4 is 17.2 Å². The molecule has 1 aliphatic rings. The fraction of sp³-hybridized carbons (Fsp3) is 0.389. The number of aromatic nitrogens is 1. The molecule has 1 aliphatic carbocycles. The summed E-state index contributed by atoms with van der Waals surface area (Å²) in [5.74, 6) is -0.175. The normalized spacial score (nSPS) is 16.5. The third-order valence-electron chi connectivity index (χ3n) is 4.30. The summed E-state index contributed by atoms with van der Waals surface area (Å²) in [6.07, 6.45) is 4.59. The minimum absolute atomic E-state index is 0.175. The van der Waals surface area contributed by atoms with E-state index in [1.54, 1.807) is 0 Å². The molecule has 0 spiro atoms. The molecule has 1 amide bonds. The van der Waals surface area contributed by atoms with Crippen molar-refractivity contribution in [3.05, 3.63) is 40.9 Å². The lowest BCUT2D eigenvalue weighted by Gasteiger charge is -2.31. The highest BCUT2D eigenvalue weighted by molar-refractivity contribution is 7.17. The first-order chi connectivity index (χ1) is 11.1. The van der Waals surface area contributed by atoms with E-state index in [0.29, 0.717) is 4.88 Å². The molecule has 0 radical (unpaired) electrons. The van der Waals surface area contributed by atoms with Crippen molar-refractivity contribution in [2.45, 2.75) is 44.6 Å². The molecule has 1 saturated carbocycles. The first-order valence-electron chi connectivity index (χ1n) is 7.90. The lowest BCUT2D eigenvalue weighted by atomic mass is 9.83. The van der Waals surface area contributed by atoms with Gasteiger partial charge in [0.05, 0.1) is 11.8 Å². The van der Waals surface area contributed by atoms with Crippen molar-refractivity contribution in [1.29, 1.82) is 5.26 Å². The van der Waals surface area contributed by atoms with E-state index in [2.05, 4.69) is 16.4 Å². The van der Waals surface area contributed by atoms with Gasteiger partial charge in [0.2, 0.25) is 0 Å². The van der Waals surface area contributed by atoms with E-state index in [-0.39, 0.29) is 5.91 Å². The van der Waals surface area contributed by atoms with Gasteiger partial charge in [0.1, 0.15) is 15.4 Å². The lowest BCUT2D eigenvalue weighted by Crippen LogP contribution is -2.48. The van der Waals surface area contributed by atoms with Crippen LogP contribution in [-0.4, -0.2) is 16.4 Å². The molecule has 23 heavy (non-hydrogen) atoms. The molecule has 0 bridgehead atoms. The SMILES string of the molecule is Cc1nc(-c2ccccc2)sc1C(=O)NC1(C#N)CCCCC1. The molecule has 3 rings (SSSR count). The molecule has 0 aliphatic heterocycles. The van der Waals surface area contributed by atoms with Gasteiger partial charge >= 0.3 is 0 Å². The summed E-state index contributed by atoms with van der Waals surface area (Å²) in [4.78, 5) is 17.8. The van der Waals surface area contributed by atoms with Crippen molar-refractivity contribution in [2.75, 3.05) is 0 Å². The van der Waals surface area contributed by atoms with Crippen LogP contribution in [0.4, 0.5) is 0 Å². The summed E-state index contributed by atoms with van der Waals surface area (Å²) >= 11 is 1.39. The summed E-state index contributed by atoms with van der Waals surface area (Å²) in [6.45, 7) is 1.85. The van der Waals surface area contributed by atoms with E-state index in [1.807, 2.05) is 37.3 Å². The molecule has 1 fully saturated rings. The molecular weight excluding hydrogens is 306 g/mol. The fourth-order valence-corrected chi connectivity index (χ4v) is 3.97. The molecule has 4 nitrogen and oxygen atoms in total. The van der Waals surface area contributed by atoms with Crippen LogP contribution >= 0.6 is 11.3 Å². The Hall–Kier alpha value is -2.19. The van der Waals surface area contributed by atoms with Gasteiger partial charge in [-0.3, -0.25) is 4.79 Å². The second kappa shape index (κ2) is 6.51. The monoisotopic (exact) mass is 325 g/mol. The zero-order valence-electron chi connectivity index (χ0n) is 13.1. The zero-order chi connectivity index (χ0) is 16.3. The predicted molar refractivity (Wildman–Crippen MR) is 91.2 cm³/mol. The number of carbonyl (C=O) groups excluding carboxylic acids is 1. The van der Waals surface area contributed by atoms with Crippen LogP contribution in [0.2, 0.25) is 0 Å². The third kappa shape index (κ3) is 3.27.